The predicted molar refractivity (Wildman–Crippen MR) is 66.5 cm³/mol. The molecule has 0 aliphatic carbocycles. The highest BCUT2D eigenvalue weighted by molar-refractivity contribution is 9.10. The summed E-state index contributed by atoms with van der Waals surface area (Å²) in [5.41, 5.74) is 4.34. The summed E-state index contributed by atoms with van der Waals surface area (Å²) in [6.45, 7) is -0.450. The number of aliphatic hydroxyl groups excluding tert-OH is 1. The first-order valence-corrected chi connectivity index (χ1v) is 6.19. The Bertz CT molecular complexity index is 615. The molecule has 9 heteroatoms. The third-order valence-electron chi connectivity index (χ3n) is 2.48. The lowest BCUT2D eigenvalue weighted by Crippen LogP contribution is -2.14. The molecule has 2 aromatic rings. The molecule has 1 heterocycles. The topological polar surface area (TPSA) is 85.2 Å². The number of rotatable bonds is 3. The molecule has 1 atom stereocenters. The van der Waals surface area contributed by atoms with Crippen LogP contribution in [-0.4, -0.2) is 21.9 Å². The van der Waals surface area contributed by atoms with Gasteiger partial charge < -0.3 is 15.4 Å². The van der Waals surface area contributed by atoms with Crippen LogP contribution < -0.4 is 5.73 Å². The molecule has 0 saturated carbocycles. The van der Waals surface area contributed by atoms with Crippen LogP contribution in [0.25, 0.3) is 11.4 Å². The zero-order valence-corrected chi connectivity index (χ0v) is 11.4. The van der Waals surface area contributed by atoms with Gasteiger partial charge in [-0.2, -0.15) is 18.2 Å². The fourth-order valence-corrected chi connectivity index (χ4v) is 1.88. The van der Waals surface area contributed by atoms with Crippen LogP contribution in [0.2, 0.25) is 0 Å². The largest absolute Gasteiger partial charge is 0.417 e. The van der Waals surface area contributed by atoms with Gasteiger partial charge in [-0.05, 0) is 18.2 Å². The molecule has 3 N–H and O–H groups in total. The number of aliphatic hydroxyl groups is 1. The highest BCUT2D eigenvalue weighted by Crippen LogP contribution is 2.37. The van der Waals surface area contributed by atoms with E-state index in [-0.39, 0.29) is 21.8 Å². The molecule has 0 bridgehead atoms. The molecule has 0 spiro atoms. The van der Waals surface area contributed by atoms with Crippen molar-refractivity contribution >= 4 is 15.9 Å². The summed E-state index contributed by atoms with van der Waals surface area (Å²) < 4.78 is 43.9. The van der Waals surface area contributed by atoms with Gasteiger partial charge in [0.15, 0.2) is 0 Å². The molecule has 0 radical (unpaired) electrons. The first-order chi connectivity index (χ1) is 9.32. The van der Waals surface area contributed by atoms with Gasteiger partial charge in [0.25, 0.3) is 0 Å². The van der Waals surface area contributed by atoms with Gasteiger partial charge in [-0.3, -0.25) is 0 Å². The molecule has 1 aromatic heterocycles. The van der Waals surface area contributed by atoms with E-state index >= 15 is 0 Å². The van der Waals surface area contributed by atoms with E-state index in [4.69, 9.17) is 15.4 Å². The van der Waals surface area contributed by atoms with Crippen molar-refractivity contribution in [3.05, 3.63) is 34.1 Å². The Morgan fingerprint density at radius 1 is 1.40 bits per heavy atom. The number of benzene rings is 1. The summed E-state index contributed by atoms with van der Waals surface area (Å²) in [6.07, 6.45) is -4.56. The fourth-order valence-electron chi connectivity index (χ4n) is 1.52. The monoisotopic (exact) mass is 351 g/mol. The Balaban J connectivity index is 2.50. The minimum atomic E-state index is -4.56. The van der Waals surface area contributed by atoms with E-state index in [1.807, 2.05) is 0 Å². The van der Waals surface area contributed by atoms with E-state index in [1.54, 1.807) is 0 Å². The molecule has 0 aliphatic rings. The summed E-state index contributed by atoms with van der Waals surface area (Å²) in [7, 11) is 0. The van der Waals surface area contributed by atoms with Crippen LogP contribution in [0.3, 0.4) is 0 Å². The minimum Gasteiger partial charge on any atom is -0.394 e. The first kappa shape index (κ1) is 14.9. The molecule has 2 rings (SSSR count). The van der Waals surface area contributed by atoms with Crippen LogP contribution in [0.4, 0.5) is 13.2 Å². The minimum absolute atomic E-state index is 0.126. The Kier molecular flexibility index (Phi) is 4.11. The van der Waals surface area contributed by atoms with Crippen LogP contribution in [0.15, 0.2) is 27.2 Å². The third-order valence-corrected chi connectivity index (χ3v) is 2.98. The quantitative estimate of drug-likeness (QED) is 0.887. The van der Waals surface area contributed by atoms with Crippen molar-refractivity contribution in [2.45, 2.75) is 12.2 Å². The molecule has 0 amide bonds. The second-order valence-corrected chi connectivity index (χ2v) is 4.85. The number of nitrogens with two attached hydrogens (primary N) is 1. The summed E-state index contributed by atoms with van der Waals surface area (Å²) in [4.78, 5) is 3.78. The van der Waals surface area contributed by atoms with Crippen molar-refractivity contribution in [1.82, 2.24) is 10.1 Å². The average molecular weight is 352 g/mol. The Hall–Kier alpha value is -1.45. The zero-order chi connectivity index (χ0) is 14.9. The lowest BCUT2D eigenvalue weighted by atomic mass is 10.1. The summed E-state index contributed by atoms with van der Waals surface area (Å²) in [6, 6.07) is 2.66. The normalized spacial score (nSPS) is 13.5. The molecule has 0 aliphatic heterocycles. The van der Waals surface area contributed by atoms with E-state index in [9.17, 15) is 13.2 Å². The van der Waals surface area contributed by atoms with Crippen LogP contribution in [0.5, 0.6) is 0 Å². The highest BCUT2D eigenvalue weighted by atomic mass is 79.9. The van der Waals surface area contributed by atoms with E-state index < -0.39 is 24.4 Å². The lowest BCUT2D eigenvalue weighted by Gasteiger charge is -2.10. The van der Waals surface area contributed by atoms with Gasteiger partial charge in [0.2, 0.25) is 11.7 Å². The number of aromatic nitrogens is 2. The number of nitrogens with zero attached hydrogens (tertiary/aromatic N) is 2. The van der Waals surface area contributed by atoms with Crippen molar-refractivity contribution in [2.75, 3.05) is 6.61 Å². The maximum atomic E-state index is 13.0. The smallest absolute Gasteiger partial charge is 0.394 e. The molecule has 0 unspecified atom stereocenters. The van der Waals surface area contributed by atoms with Gasteiger partial charge >= 0.3 is 6.18 Å². The van der Waals surface area contributed by atoms with Gasteiger partial charge in [0, 0.05) is 10.0 Å². The van der Waals surface area contributed by atoms with E-state index in [1.165, 1.54) is 12.1 Å². The Morgan fingerprint density at radius 2 is 2.10 bits per heavy atom. The van der Waals surface area contributed by atoms with Crippen molar-refractivity contribution in [3.63, 3.8) is 0 Å². The predicted octanol–water partition coefficient (Wildman–Crippen LogP) is 2.51. The van der Waals surface area contributed by atoms with Crippen molar-refractivity contribution in [2.24, 2.45) is 5.73 Å². The second-order valence-electron chi connectivity index (χ2n) is 3.93. The molecule has 0 fully saturated rings. The summed E-state index contributed by atoms with van der Waals surface area (Å²) in [5, 5.41) is 12.3. The number of hydrogen-bond donors (Lipinski definition) is 2. The molecule has 20 heavy (non-hydrogen) atoms. The van der Waals surface area contributed by atoms with Gasteiger partial charge in [-0.25, -0.2) is 0 Å². The molecule has 108 valence electrons. The van der Waals surface area contributed by atoms with Crippen molar-refractivity contribution in [1.29, 1.82) is 0 Å². The van der Waals surface area contributed by atoms with Crippen LogP contribution in [-0.2, 0) is 6.18 Å². The van der Waals surface area contributed by atoms with E-state index in [2.05, 4.69) is 26.1 Å². The zero-order valence-electron chi connectivity index (χ0n) is 9.86. The SMILES string of the molecule is N[C@@H](CO)c1nc(-c2ccc(Br)cc2C(F)(F)F)no1. The Morgan fingerprint density at radius 3 is 2.70 bits per heavy atom. The molecular weight excluding hydrogens is 343 g/mol. The maximum absolute atomic E-state index is 13.0. The summed E-state index contributed by atoms with van der Waals surface area (Å²) in [5.74, 6) is -0.359. The van der Waals surface area contributed by atoms with Gasteiger partial charge in [-0.1, -0.05) is 21.1 Å². The van der Waals surface area contributed by atoms with Crippen molar-refractivity contribution < 1.29 is 22.8 Å². The van der Waals surface area contributed by atoms with E-state index in [0.717, 1.165) is 6.07 Å². The Labute approximate surface area is 119 Å². The fraction of sp³-hybridized carbons (Fsp3) is 0.273. The van der Waals surface area contributed by atoms with E-state index in [0.29, 0.717) is 0 Å². The van der Waals surface area contributed by atoms with Gasteiger partial charge in [0.1, 0.15) is 6.04 Å². The average Bonchev–Trinajstić information content (AvgIpc) is 2.86. The maximum Gasteiger partial charge on any atom is 0.417 e. The first-order valence-electron chi connectivity index (χ1n) is 5.40. The lowest BCUT2D eigenvalue weighted by molar-refractivity contribution is -0.137. The van der Waals surface area contributed by atoms with Gasteiger partial charge in [0.05, 0.1) is 12.2 Å². The summed E-state index contributed by atoms with van der Waals surface area (Å²) >= 11 is 2.98. The molecule has 0 saturated heterocycles. The number of alkyl halides is 3. The van der Waals surface area contributed by atoms with Crippen LogP contribution in [0.1, 0.15) is 17.5 Å². The number of halogens is 4. The molecule has 1 aromatic carbocycles. The molecular formula is C11H9BrF3N3O2. The highest BCUT2D eigenvalue weighted by Gasteiger charge is 2.35. The van der Waals surface area contributed by atoms with Crippen LogP contribution >= 0.6 is 15.9 Å². The van der Waals surface area contributed by atoms with Gasteiger partial charge in [-0.15, -0.1) is 0 Å². The van der Waals surface area contributed by atoms with Crippen LogP contribution in [0, 0.1) is 0 Å². The second kappa shape index (κ2) is 5.51. The standard InChI is InChI=1S/C11H9BrF3N3O2/c12-5-1-2-6(7(3-5)11(13,14)15)9-17-10(20-18-9)8(16)4-19/h1-3,8,19H,4,16H2/t8-/m0/s1. The molecule has 5 nitrogen and oxygen atoms in total. The number of hydrogen-bond acceptors (Lipinski definition) is 5. The van der Waals surface area contributed by atoms with Crippen molar-refractivity contribution in [3.8, 4) is 11.4 Å². The third kappa shape index (κ3) is 3.00.